The monoisotopic (exact) mass is 432 g/mol. The van der Waals surface area contributed by atoms with Crippen LogP contribution in [0.3, 0.4) is 0 Å². The molecular weight excluding hydrogens is 421 g/mol. The molecular formula is C16H12BrF3N2O2S. The highest BCUT2D eigenvalue weighted by molar-refractivity contribution is 9.10. The second-order valence-corrected chi connectivity index (χ2v) is 6.94. The molecule has 1 aromatic carbocycles. The van der Waals surface area contributed by atoms with E-state index in [2.05, 4.69) is 20.9 Å². The van der Waals surface area contributed by atoms with Gasteiger partial charge in [0.2, 0.25) is 0 Å². The van der Waals surface area contributed by atoms with Crippen molar-refractivity contribution in [3.63, 3.8) is 0 Å². The van der Waals surface area contributed by atoms with Crippen LogP contribution in [0.25, 0.3) is 0 Å². The number of carbonyl (C=O) groups is 1. The molecule has 0 radical (unpaired) electrons. The molecule has 0 N–H and O–H groups in total. The number of carbonyl (C=O) groups excluding carboxylic acids is 1. The van der Waals surface area contributed by atoms with E-state index < -0.39 is 11.7 Å². The van der Waals surface area contributed by atoms with Crippen LogP contribution in [0.15, 0.2) is 50.5 Å². The number of hydrogen-bond acceptors (Lipinski definition) is 4. The third kappa shape index (κ3) is 4.27. The van der Waals surface area contributed by atoms with Gasteiger partial charge in [-0.3, -0.25) is 14.7 Å². The molecule has 1 aliphatic rings. The van der Waals surface area contributed by atoms with Crippen molar-refractivity contribution in [2.75, 3.05) is 13.1 Å². The van der Waals surface area contributed by atoms with Gasteiger partial charge in [-0.15, -0.1) is 0 Å². The van der Waals surface area contributed by atoms with Crippen LogP contribution in [-0.4, -0.2) is 29.1 Å². The van der Waals surface area contributed by atoms with E-state index in [1.807, 2.05) is 0 Å². The fraction of sp³-hybridized carbons (Fsp3) is 0.250. The number of halogens is 4. The summed E-state index contributed by atoms with van der Waals surface area (Å²) in [5.41, 5.74) is -0.171. The summed E-state index contributed by atoms with van der Waals surface area (Å²) in [5, 5.41) is 0.481. The van der Waals surface area contributed by atoms with E-state index in [4.69, 9.17) is 4.42 Å². The van der Waals surface area contributed by atoms with Crippen LogP contribution in [0, 0.1) is 0 Å². The third-order valence-corrected chi connectivity index (χ3v) is 4.96. The van der Waals surface area contributed by atoms with Crippen molar-refractivity contribution in [1.82, 2.24) is 4.90 Å². The highest BCUT2D eigenvalue weighted by atomic mass is 79.9. The van der Waals surface area contributed by atoms with Gasteiger partial charge in [0.05, 0.1) is 12.1 Å². The standard InChI is InChI=1S/C16H12BrF3N2O2S/c17-13-5-4-12(24-13)14(23)22-7-6-21-15(22)25-9-10-2-1-3-11(8-10)16(18,19)20/h1-5,8H,6-7,9H2. The first-order valence-electron chi connectivity index (χ1n) is 7.25. The van der Waals surface area contributed by atoms with Crippen LogP contribution < -0.4 is 0 Å². The highest BCUT2D eigenvalue weighted by Crippen LogP contribution is 2.31. The lowest BCUT2D eigenvalue weighted by molar-refractivity contribution is -0.137. The van der Waals surface area contributed by atoms with Crippen LogP contribution in [0.2, 0.25) is 0 Å². The van der Waals surface area contributed by atoms with Crippen molar-refractivity contribution in [2.45, 2.75) is 11.9 Å². The molecule has 2 aromatic rings. The fourth-order valence-electron chi connectivity index (χ4n) is 2.29. The van der Waals surface area contributed by atoms with Crippen molar-refractivity contribution >= 4 is 38.8 Å². The number of nitrogens with zero attached hydrogens (tertiary/aromatic N) is 2. The Kier molecular flexibility index (Phi) is 5.24. The third-order valence-electron chi connectivity index (χ3n) is 3.45. The Labute approximate surface area is 154 Å². The maximum Gasteiger partial charge on any atom is 0.416 e. The molecule has 1 aromatic heterocycles. The predicted molar refractivity (Wildman–Crippen MR) is 92.5 cm³/mol. The maximum atomic E-state index is 12.8. The molecule has 1 amide bonds. The van der Waals surface area contributed by atoms with E-state index >= 15 is 0 Å². The first-order valence-corrected chi connectivity index (χ1v) is 9.03. The Bertz CT molecular complexity index is 820. The van der Waals surface area contributed by atoms with E-state index in [1.54, 1.807) is 18.2 Å². The van der Waals surface area contributed by atoms with E-state index in [0.29, 0.717) is 28.5 Å². The minimum absolute atomic E-state index is 0.182. The average molecular weight is 433 g/mol. The van der Waals surface area contributed by atoms with Crippen LogP contribution in [0.5, 0.6) is 0 Å². The summed E-state index contributed by atoms with van der Waals surface area (Å²) in [6, 6.07) is 8.31. The molecule has 132 valence electrons. The molecule has 25 heavy (non-hydrogen) atoms. The van der Waals surface area contributed by atoms with E-state index in [0.717, 1.165) is 12.1 Å². The molecule has 0 bridgehead atoms. The average Bonchev–Trinajstić information content (AvgIpc) is 3.20. The van der Waals surface area contributed by atoms with Crippen LogP contribution in [-0.2, 0) is 11.9 Å². The van der Waals surface area contributed by atoms with Crippen molar-refractivity contribution in [2.24, 2.45) is 4.99 Å². The minimum atomic E-state index is -4.37. The summed E-state index contributed by atoms with van der Waals surface area (Å²) in [7, 11) is 0. The van der Waals surface area contributed by atoms with Crippen molar-refractivity contribution < 1.29 is 22.4 Å². The van der Waals surface area contributed by atoms with Gasteiger partial charge in [0.25, 0.3) is 5.91 Å². The number of thioether (sulfide) groups is 1. The first kappa shape index (κ1) is 18.1. The van der Waals surface area contributed by atoms with E-state index in [1.165, 1.54) is 22.7 Å². The second-order valence-electron chi connectivity index (χ2n) is 5.21. The van der Waals surface area contributed by atoms with E-state index in [-0.39, 0.29) is 17.4 Å². The molecule has 1 aliphatic heterocycles. The molecule has 4 nitrogen and oxygen atoms in total. The Morgan fingerprint density at radius 2 is 2.12 bits per heavy atom. The van der Waals surface area contributed by atoms with E-state index in [9.17, 15) is 18.0 Å². The number of amidine groups is 1. The molecule has 0 saturated heterocycles. The Morgan fingerprint density at radius 1 is 1.32 bits per heavy atom. The lowest BCUT2D eigenvalue weighted by atomic mass is 10.1. The number of hydrogen-bond donors (Lipinski definition) is 0. The summed E-state index contributed by atoms with van der Waals surface area (Å²) in [6.07, 6.45) is -4.37. The lowest BCUT2D eigenvalue weighted by Crippen LogP contribution is -2.32. The summed E-state index contributed by atoms with van der Waals surface area (Å²) >= 11 is 4.37. The molecule has 9 heteroatoms. The van der Waals surface area contributed by atoms with Gasteiger partial charge in [-0.05, 0) is 39.7 Å². The highest BCUT2D eigenvalue weighted by Gasteiger charge is 2.31. The molecule has 2 heterocycles. The molecule has 0 fully saturated rings. The zero-order chi connectivity index (χ0) is 18.0. The Hall–Kier alpha value is -1.74. The smallest absolute Gasteiger partial charge is 0.416 e. The van der Waals surface area contributed by atoms with Gasteiger partial charge in [-0.25, -0.2) is 0 Å². The van der Waals surface area contributed by atoms with Gasteiger partial charge >= 0.3 is 6.18 Å². The SMILES string of the molecule is O=C(c1ccc(Br)o1)N1CCN=C1SCc1cccc(C(F)(F)F)c1. The number of alkyl halides is 3. The number of amides is 1. The first-order chi connectivity index (χ1) is 11.8. The summed E-state index contributed by atoms with van der Waals surface area (Å²) in [6.45, 7) is 0.876. The summed E-state index contributed by atoms with van der Waals surface area (Å²) < 4.78 is 44.0. The topological polar surface area (TPSA) is 45.8 Å². The normalized spacial score (nSPS) is 14.7. The lowest BCUT2D eigenvalue weighted by Gasteiger charge is -2.16. The predicted octanol–water partition coefficient (Wildman–Crippen LogP) is 4.81. The molecule has 0 atom stereocenters. The van der Waals surface area contributed by atoms with Gasteiger partial charge in [0.1, 0.15) is 0 Å². The quantitative estimate of drug-likeness (QED) is 0.699. The Balaban J connectivity index is 1.67. The number of furan rings is 1. The van der Waals surface area contributed by atoms with Crippen molar-refractivity contribution in [3.05, 3.63) is 58.0 Å². The van der Waals surface area contributed by atoms with Crippen molar-refractivity contribution in [1.29, 1.82) is 0 Å². The maximum absolute atomic E-state index is 12.8. The summed E-state index contributed by atoms with van der Waals surface area (Å²) in [5.74, 6) is 0.147. The zero-order valence-corrected chi connectivity index (χ0v) is 15.1. The molecule has 0 spiro atoms. The van der Waals surface area contributed by atoms with Crippen LogP contribution >= 0.6 is 27.7 Å². The van der Waals surface area contributed by atoms with Gasteiger partial charge < -0.3 is 4.42 Å². The van der Waals surface area contributed by atoms with Gasteiger partial charge in [-0.1, -0.05) is 30.0 Å². The molecule has 3 rings (SSSR count). The number of aliphatic imine (C=N–C) groups is 1. The molecule has 0 unspecified atom stereocenters. The number of benzene rings is 1. The zero-order valence-electron chi connectivity index (χ0n) is 12.7. The fourth-order valence-corrected chi connectivity index (χ4v) is 3.58. The molecule has 0 saturated carbocycles. The summed E-state index contributed by atoms with van der Waals surface area (Å²) in [4.78, 5) is 18.2. The van der Waals surface area contributed by atoms with Crippen LogP contribution in [0.4, 0.5) is 13.2 Å². The Morgan fingerprint density at radius 3 is 2.80 bits per heavy atom. The molecule has 0 aliphatic carbocycles. The number of rotatable bonds is 3. The van der Waals surface area contributed by atoms with Gasteiger partial charge in [0, 0.05) is 12.3 Å². The minimum Gasteiger partial charge on any atom is -0.444 e. The van der Waals surface area contributed by atoms with Crippen LogP contribution in [0.1, 0.15) is 21.7 Å². The van der Waals surface area contributed by atoms with Gasteiger partial charge in [-0.2, -0.15) is 13.2 Å². The van der Waals surface area contributed by atoms with Crippen molar-refractivity contribution in [3.8, 4) is 0 Å². The van der Waals surface area contributed by atoms with Gasteiger partial charge in [0.15, 0.2) is 15.6 Å². The largest absolute Gasteiger partial charge is 0.444 e. The second kappa shape index (κ2) is 7.25.